The highest BCUT2D eigenvalue weighted by Crippen LogP contribution is 2.23. The molecule has 1 aromatic heterocycles. The van der Waals surface area contributed by atoms with E-state index in [9.17, 15) is 9.90 Å². The second kappa shape index (κ2) is 6.34. The first-order chi connectivity index (χ1) is 10.3. The zero-order valence-electron chi connectivity index (χ0n) is 11.4. The van der Waals surface area contributed by atoms with E-state index in [0.29, 0.717) is 25.3 Å². The fourth-order valence-electron chi connectivity index (χ4n) is 2.39. The number of rotatable bonds is 3. The van der Waals surface area contributed by atoms with Crippen molar-refractivity contribution < 1.29 is 14.6 Å². The zero-order valence-corrected chi connectivity index (χ0v) is 12.3. The number of aliphatic hydroxyl groups excluding tert-OH is 1. The van der Waals surface area contributed by atoms with Crippen LogP contribution in [0.5, 0.6) is 0 Å². The van der Waals surface area contributed by atoms with Crippen molar-refractivity contribution in [3.63, 3.8) is 0 Å². The molecule has 110 valence electrons. The van der Waals surface area contributed by atoms with Crippen molar-refractivity contribution in [2.45, 2.75) is 6.04 Å². The Labute approximate surface area is 126 Å². The predicted octanol–water partition coefficient (Wildman–Crippen LogP) is 1.64. The topological polar surface area (TPSA) is 62.7 Å². The van der Waals surface area contributed by atoms with E-state index in [1.807, 2.05) is 23.6 Å². The van der Waals surface area contributed by atoms with Crippen LogP contribution < -0.4 is 0 Å². The number of carbonyl (C=O) groups is 1. The van der Waals surface area contributed by atoms with Gasteiger partial charge in [-0.25, -0.2) is 4.98 Å². The lowest BCUT2D eigenvalue weighted by molar-refractivity contribution is -0.0183. The van der Waals surface area contributed by atoms with Crippen molar-refractivity contribution >= 4 is 17.2 Å². The smallest absolute Gasteiger partial charge is 0.254 e. The zero-order chi connectivity index (χ0) is 14.7. The van der Waals surface area contributed by atoms with Crippen LogP contribution in [0.3, 0.4) is 0 Å². The maximum atomic E-state index is 12.6. The van der Waals surface area contributed by atoms with Crippen LogP contribution in [-0.4, -0.2) is 53.3 Å². The van der Waals surface area contributed by atoms with Gasteiger partial charge in [0.2, 0.25) is 0 Å². The van der Waals surface area contributed by atoms with Gasteiger partial charge in [0.1, 0.15) is 5.01 Å². The van der Waals surface area contributed by atoms with Crippen LogP contribution in [0.4, 0.5) is 0 Å². The molecule has 1 saturated heterocycles. The highest BCUT2D eigenvalue weighted by atomic mass is 32.1. The number of aliphatic hydroxyl groups is 1. The molecule has 0 unspecified atom stereocenters. The molecule has 2 aromatic rings. The first-order valence-electron chi connectivity index (χ1n) is 6.79. The fourth-order valence-corrected chi connectivity index (χ4v) is 3.03. The second-order valence-electron chi connectivity index (χ2n) is 4.83. The highest BCUT2D eigenvalue weighted by molar-refractivity contribution is 7.13. The molecule has 1 N–H and O–H groups in total. The molecule has 0 spiro atoms. The third-order valence-electron chi connectivity index (χ3n) is 3.49. The number of hydrogen-bond donors (Lipinski definition) is 1. The number of benzene rings is 1. The minimum atomic E-state index is -0.269. The van der Waals surface area contributed by atoms with Crippen molar-refractivity contribution in [1.82, 2.24) is 9.88 Å². The molecule has 2 heterocycles. The summed E-state index contributed by atoms with van der Waals surface area (Å²) < 4.78 is 5.31. The summed E-state index contributed by atoms with van der Waals surface area (Å²) in [5.74, 6) is -0.0734. The molecule has 0 saturated carbocycles. The number of aromatic nitrogens is 1. The van der Waals surface area contributed by atoms with Gasteiger partial charge < -0.3 is 14.7 Å². The monoisotopic (exact) mass is 304 g/mol. The predicted molar refractivity (Wildman–Crippen MR) is 80.3 cm³/mol. The molecule has 1 atom stereocenters. The number of morpholine rings is 1. The molecule has 6 heteroatoms. The minimum absolute atomic E-state index is 0.0734. The number of nitrogens with zero attached hydrogens (tertiary/aromatic N) is 2. The largest absolute Gasteiger partial charge is 0.394 e. The Morgan fingerprint density at radius 3 is 3.19 bits per heavy atom. The minimum Gasteiger partial charge on any atom is -0.394 e. The summed E-state index contributed by atoms with van der Waals surface area (Å²) in [6.45, 7) is 1.31. The van der Waals surface area contributed by atoms with Gasteiger partial charge in [0.15, 0.2) is 0 Å². The molecule has 0 aliphatic carbocycles. The SMILES string of the molecule is O=C(c1cccc(-c2nccs2)c1)N1CCOC[C@@H]1CO. The fraction of sp³-hybridized carbons (Fsp3) is 0.333. The van der Waals surface area contributed by atoms with Gasteiger partial charge in [-0.2, -0.15) is 0 Å². The summed E-state index contributed by atoms with van der Waals surface area (Å²) in [6.07, 6.45) is 1.75. The lowest BCUT2D eigenvalue weighted by Gasteiger charge is -2.34. The maximum Gasteiger partial charge on any atom is 0.254 e. The summed E-state index contributed by atoms with van der Waals surface area (Å²) in [4.78, 5) is 18.6. The summed E-state index contributed by atoms with van der Waals surface area (Å²) in [6, 6.07) is 7.18. The molecule has 3 rings (SSSR count). The number of hydrogen-bond acceptors (Lipinski definition) is 5. The Kier molecular flexibility index (Phi) is 4.28. The first-order valence-corrected chi connectivity index (χ1v) is 7.67. The second-order valence-corrected chi connectivity index (χ2v) is 5.72. The number of carbonyl (C=O) groups excluding carboxylic acids is 1. The van der Waals surface area contributed by atoms with Gasteiger partial charge in [-0.3, -0.25) is 4.79 Å². The molecule has 21 heavy (non-hydrogen) atoms. The van der Waals surface area contributed by atoms with E-state index in [4.69, 9.17) is 4.74 Å². The van der Waals surface area contributed by atoms with Gasteiger partial charge in [-0.15, -0.1) is 11.3 Å². The van der Waals surface area contributed by atoms with Gasteiger partial charge in [0.25, 0.3) is 5.91 Å². The van der Waals surface area contributed by atoms with E-state index in [1.165, 1.54) is 0 Å². The van der Waals surface area contributed by atoms with E-state index < -0.39 is 0 Å². The van der Waals surface area contributed by atoms with E-state index >= 15 is 0 Å². The molecule has 1 aromatic carbocycles. The van der Waals surface area contributed by atoms with Gasteiger partial charge in [0, 0.05) is 29.2 Å². The van der Waals surface area contributed by atoms with Crippen molar-refractivity contribution in [3.8, 4) is 10.6 Å². The molecule has 0 bridgehead atoms. The van der Waals surface area contributed by atoms with Gasteiger partial charge in [0.05, 0.1) is 25.9 Å². The molecule has 1 fully saturated rings. The number of thiazole rings is 1. The summed E-state index contributed by atoms with van der Waals surface area (Å²) in [5.41, 5.74) is 1.55. The first kappa shape index (κ1) is 14.2. The Bertz CT molecular complexity index is 615. The number of ether oxygens (including phenoxy) is 1. The van der Waals surface area contributed by atoms with Crippen LogP contribution in [0.15, 0.2) is 35.8 Å². The van der Waals surface area contributed by atoms with Crippen LogP contribution in [0.1, 0.15) is 10.4 Å². The Balaban J connectivity index is 1.86. The molecule has 1 aliphatic rings. The third-order valence-corrected chi connectivity index (χ3v) is 4.31. The average Bonchev–Trinajstić information content (AvgIpc) is 3.09. The van der Waals surface area contributed by atoms with Crippen LogP contribution in [0.2, 0.25) is 0 Å². The van der Waals surface area contributed by atoms with E-state index in [1.54, 1.807) is 28.5 Å². The van der Waals surface area contributed by atoms with Crippen LogP contribution in [0.25, 0.3) is 10.6 Å². The normalized spacial score (nSPS) is 18.7. The Hall–Kier alpha value is -1.76. The van der Waals surface area contributed by atoms with Crippen molar-refractivity contribution in [2.24, 2.45) is 0 Å². The van der Waals surface area contributed by atoms with Gasteiger partial charge in [-0.1, -0.05) is 12.1 Å². The van der Waals surface area contributed by atoms with E-state index in [-0.39, 0.29) is 18.6 Å². The highest BCUT2D eigenvalue weighted by Gasteiger charge is 2.27. The molecule has 1 amide bonds. The molecular weight excluding hydrogens is 288 g/mol. The quantitative estimate of drug-likeness (QED) is 0.936. The summed E-state index contributed by atoms with van der Waals surface area (Å²) in [7, 11) is 0. The summed E-state index contributed by atoms with van der Waals surface area (Å²) in [5, 5.41) is 12.2. The van der Waals surface area contributed by atoms with Crippen molar-refractivity contribution in [1.29, 1.82) is 0 Å². The Morgan fingerprint density at radius 2 is 2.43 bits per heavy atom. The molecule has 1 aliphatic heterocycles. The van der Waals surface area contributed by atoms with Crippen LogP contribution in [0, 0.1) is 0 Å². The molecule has 0 radical (unpaired) electrons. The lowest BCUT2D eigenvalue weighted by Crippen LogP contribution is -2.50. The average molecular weight is 304 g/mol. The molecule has 5 nitrogen and oxygen atoms in total. The van der Waals surface area contributed by atoms with Crippen molar-refractivity contribution in [2.75, 3.05) is 26.4 Å². The van der Waals surface area contributed by atoms with Crippen molar-refractivity contribution in [3.05, 3.63) is 41.4 Å². The third kappa shape index (κ3) is 2.97. The van der Waals surface area contributed by atoms with E-state index in [0.717, 1.165) is 10.6 Å². The maximum absolute atomic E-state index is 12.6. The van der Waals surface area contributed by atoms with Crippen LogP contribution >= 0.6 is 11.3 Å². The lowest BCUT2D eigenvalue weighted by atomic mass is 10.1. The van der Waals surface area contributed by atoms with E-state index in [2.05, 4.69) is 4.98 Å². The van der Waals surface area contributed by atoms with Gasteiger partial charge in [-0.05, 0) is 12.1 Å². The van der Waals surface area contributed by atoms with Gasteiger partial charge >= 0.3 is 0 Å². The molecular formula is C15H16N2O3S. The number of amides is 1. The summed E-state index contributed by atoms with van der Waals surface area (Å²) >= 11 is 1.54. The Morgan fingerprint density at radius 1 is 1.52 bits per heavy atom. The van der Waals surface area contributed by atoms with Crippen LogP contribution in [-0.2, 0) is 4.74 Å². The standard InChI is InChI=1S/C15H16N2O3S/c18-9-13-10-20-6-5-17(13)15(19)12-3-1-2-11(8-12)14-16-4-7-21-14/h1-4,7-8,13,18H,5-6,9-10H2/t13-/m0/s1.